The van der Waals surface area contributed by atoms with Gasteiger partial charge in [0, 0.05) is 18.7 Å². The normalized spacial score (nSPS) is 22.9. The fraction of sp³-hybridized carbons (Fsp3) is 0.438. The Morgan fingerprint density at radius 2 is 2.21 bits per heavy atom. The van der Waals surface area contributed by atoms with Gasteiger partial charge < -0.3 is 9.64 Å². The first-order chi connectivity index (χ1) is 11.4. The van der Waals surface area contributed by atoms with Crippen molar-refractivity contribution in [3.63, 3.8) is 0 Å². The van der Waals surface area contributed by atoms with Crippen molar-refractivity contribution in [2.75, 3.05) is 13.1 Å². The summed E-state index contributed by atoms with van der Waals surface area (Å²) in [6.07, 6.45) is 0.578. The van der Waals surface area contributed by atoms with Crippen LogP contribution < -0.4 is 0 Å². The Bertz CT molecular complexity index is 841. The lowest BCUT2D eigenvalue weighted by molar-refractivity contribution is -0.152. The molecular formula is C16H17N3O4S. The minimum atomic E-state index is -3.68. The number of carbonyl (C=O) groups is 1. The van der Waals surface area contributed by atoms with Crippen LogP contribution in [-0.2, 0) is 19.6 Å². The molecule has 0 aliphatic carbocycles. The molecule has 8 heteroatoms. The van der Waals surface area contributed by atoms with E-state index < -0.39 is 28.0 Å². The maximum absolute atomic E-state index is 12.2. The van der Waals surface area contributed by atoms with Crippen LogP contribution in [0.2, 0.25) is 0 Å². The highest BCUT2D eigenvalue weighted by Crippen LogP contribution is 2.30. The molecule has 0 saturated carbocycles. The molecule has 1 saturated heterocycles. The van der Waals surface area contributed by atoms with Gasteiger partial charge in [0.25, 0.3) is 10.0 Å². The van der Waals surface area contributed by atoms with Crippen LogP contribution in [0.3, 0.4) is 0 Å². The molecule has 0 N–H and O–H groups in total. The number of nitriles is 1. The number of nitrogens with zero attached hydrogens (tertiary/aromatic N) is 3. The molecule has 0 amide bonds. The number of benzene rings is 1. The van der Waals surface area contributed by atoms with Gasteiger partial charge in [-0.25, -0.2) is 0 Å². The minimum Gasteiger partial charge on any atom is -0.447 e. The standard InChI is InChI=1S/C16H17N3O4S/c1-11(9-17)23-16(20)12-5-4-8-19(10-12)15-13-6-2-3-7-14(13)24(21,22)18-15/h2-3,6-7,11-12H,4-5,8,10H2,1H3/t11-,12+/m0/s1. The predicted octanol–water partition coefficient (Wildman–Crippen LogP) is 1.30. The summed E-state index contributed by atoms with van der Waals surface area (Å²) in [5.74, 6) is -0.437. The summed E-state index contributed by atoms with van der Waals surface area (Å²) in [7, 11) is -3.68. The molecule has 2 heterocycles. The molecule has 1 aromatic carbocycles. The van der Waals surface area contributed by atoms with E-state index in [1.165, 1.54) is 13.0 Å². The molecule has 7 nitrogen and oxygen atoms in total. The average molecular weight is 347 g/mol. The molecule has 24 heavy (non-hydrogen) atoms. The first kappa shape index (κ1) is 16.5. The van der Waals surface area contributed by atoms with E-state index in [1.807, 2.05) is 11.0 Å². The number of hydrogen-bond donors (Lipinski definition) is 0. The van der Waals surface area contributed by atoms with Gasteiger partial charge in [0.2, 0.25) is 0 Å². The number of hydrogen-bond acceptors (Lipinski definition) is 6. The third kappa shape index (κ3) is 2.99. The van der Waals surface area contributed by atoms with Crippen LogP contribution in [-0.4, -0.2) is 44.3 Å². The fourth-order valence-electron chi connectivity index (χ4n) is 2.98. The van der Waals surface area contributed by atoms with Crippen molar-refractivity contribution in [3.05, 3.63) is 29.8 Å². The summed E-state index contributed by atoms with van der Waals surface area (Å²) in [5.41, 5.74) is 0.567. The molecule has 0 unspecified atom stereocenters. The van der Waals surface area contributed by atoms with Crippen molar-refractivity contribution in [3.8, 4) is 6.07 Å². The molecule has 0 aromatic heterocycles. The van der Waals surface area contributed by atoms with Gasteiger partial charge in [0.1, 0.15) is 11.0 Å². The lowest BCUT2D eigenvalue weighted by Crippen LogP contribution is -2.43. The summed E-state index contributed by atoms with van der Waals surface area (Å²) in [6, 6.07) is 8.54. The molecule has 1 aromatic rings. The number of piperidine rings is 1. The van der Waals surface area contributed by atoms with E-state index in [-0.39, 0.29) is 4.90 Å². The molecule has 2 aliphatic heterocycles. The first-order valence-electron chi connectivity index (χ1n) is 7.72. The number of sulfonamides is 1. The number of likely N-dealkylation sites (tertiary alicyclic amines) is 1. The van der Waals surface area contributed by atoms with E-state index in [1.54, 1.807) is 18.2 Å². The second kappa shape index (κ2) is 6.24. The van der Waals surface area contributed by atoms with Gasteiger partial charge in [-0.05, 0) is 31.9 Å². The van der Waals surface area contributed by atoms with E-state index in [4.69, 9.17) is 10.00 Å². The Morgan fingerprint density at radius 3 is 2.96 bits per heavy atom. The second-order valence-corrected chi connectivity index (χ2v) is 7.45. The quantitative estimate of drug-likeness (QED) is 0.748. The van der Waals surface area contributed by atoms with Crippen LogP contribution in [0.25, 0.3) is 0 Å². The SMILES string of the molecule is C[C@@H](C#N)OC(=O)[C@@H]1CCCN(C2=NS(=O)(=O)c3ccccc32)C1. The van der Waals surface area contributed by atoms with Gasteiger partial charge in [0.05, 0.1) is 5.92 Å². The van der Waals surface area contributed by atoms with E-state index in [2.05, 4.69) is 4.40 Å². The molecule has 1 fully saturated rings. The second-order valence-electron chi connectivity index (χ2n) is 5.88. The predicted molar refractivity (Wildman–Crippen MR) is 85.6 cm³/mol. The average Bonchev–Trinajstić information content (AvgIpc) is 2.87. The minimum absolute atomic E-state index is 0.197. The zero-order valence-corrected chi connectivity index (χ0v) is 14.0. The molecule has 0 spiro atoms. The molecular weight excluding hydrogens is 330 g/mol. The van der Waals surface area contributed by atoms with E-state index in [0.29, 0.717) is 30.9 Å². The maximum Gasteiger partial charge on any atom is 0.312 e. The Balaban J connectivity index is 1.82. The van der Waals surface area contributed by atoms with Crippen molar-refractivity contribution < 1.29 is 17.9 Å². The summed E-state index contributed by atoms with van der Waals surface area (Å²) in [6.45, 7) is 2.47. The largest absolute Gasteiger partial charge is 0.447 e. The topological polar surface area (TPSA) is 99.8 Å². The third-order valence-electron chi connectivity index (χ3n) is 4.14. The van der Waals surface area contributed by atoms with Crippen molar-refractivity contribution in [1.29, 1.82) is 5.26 Å². The summed E-state index contributed by atoms with van der Waals surface area (Å²) < 4.78 is 33.3. The Kier molecular flexibility index (Phi) is 4.28. The summed E-state index contributed by atoms with van der Waals surface area (Å²) in [5, 5.41) is 8.75. The molecule has 2 aliphatic rings. The van der Waals surface area contributed by atoms with Crippen LogP contribution in [0, 0.1) is 17.2 Å². The van der Waals surface area contributed by atoms with Gasteiger partial charge in [0.15, 0.2) is 11.9 Å². The first-order valence-corrected chi connectivity index (χ1v) is 9.16. The van der Waals surface area contributed by atoms with E-state index >= 15 is 0 Å². The number of ether oxygens (including phenoxy) is 1. The highest BCUT2D eigenvalue weighted by atomic mass is 32.2. The maximum atomic E-state index is 12.2. The number of carbonyl (C=O) groups excluding carboxylic acids is 1. The lowest BCUT2D eigenvalue weighted by atomic mass is 9.97. The van der Waals surface area contributed by atoms with Gasteiger partial charge in [-0.1, -0.05) is 12.1 Å². The zero-order chi connectivity index (χ0) is 17.3. The Hall–Kier alpha value is -2.40. The van der Waals surface area contributed by atoms with Gasteiger partial charge in [-0.2, -0.15) is 13.7 Å². The molecule has 126 valence electrons. The third-order valence-corrected chi connectivity index (χ3v) is 5.47. The monoisotopic (exact) mass is 347 g/mol. The molecule has 3 rings (SSSR count). The van der Waals surface area contributed by atoms with Crippen LogP contribution >= 0.6 is 0 Å². The fourth-order valence-corrected chi connectivity index (χ4v) is 4.20. The van der Waals surface area contributed by atoms with Crippen LogP contribution in [0.4, 0.5) is 0 Å². The van der Waals surface area contributed by atoms with E-state index in [0.717, 1.165) is 6.42 Å². The van der Waals surface area contributed by atoms with Crippen LogP contribution in [0.5, 0.6) is 0 Å². The van der Waals surface area contributed by atoms with Gasteiger partial charge in [-0.3, -0.25) is 4.79 Å². The van der Waals surface area contributed by atoms with Crippen molar-refractivity contribution in [2.45, 2.75) is 30.8 Å². The number of fused-ring (bicyclic) bond motifs is 1. The van der Waals surface area contributed by atoms with Gasteiger partial charge >= 0.3 is 5.97 Å². The highest BCUT2D eigenvalue weighted by molar-refractivity contribution is 7.90. The molecule has 2 atom stereocenters. The number of amidine groups is 1. The van der Waals surface area contributed by atoms with Gasteiger partial charge in [-0.15, -0.1) is 4.40 Å². The number of esters is 1. The number of rotatable bonds is 2. The van der Waals surface area contributed by atoms with E-state index in [9.17, 15) is 13.2 Å². The summed E-state index contributed by atoms with van der Waals surface area (Å²) in [4.78, 5) is 14.2. The summed E-state index contributed by atoms with van der Waals surface area (Å²) >= 11 is 0. The van der Waals surface area contributed by atoms with Crippen molar-refractivity contribution in [2.24, 2.45) is 10.3 Å². The smallest absolute Gasteiger partial charge is 0.312 e. The zero-order valence-electron chi connectivity index (χ0n) is 13.2. The Morgan fingerprint density at radius 1 is 1.46 bits per heavy atom. The highest BCUT2D eigenvalue weighted by Gasteiger charge is 2.35. The van der Waals surface area contributed by atoms with Crippen LogP contribution in [0.1, 0.15) is 25.3 Å². The van der Waals surface area contributed by atoms with Crippen molar-refractivity contribution >= 4 is 21.8 Å². The lowest BCUT2D eigenvalue weighted by Gasteiger charge is -2.33. The Labute approximate surface area is 140 Å². The molecule has 0 radical (unpaired) electrons. The van der Waals surface area contributed by atoms with Crippen LogP contribution in [0.15, 0.2) is 33.6 Å². The molecule has 0 bridgehead atoms. The van der Waals surface area contributed by atoms with Crippen molar-refractivity contribution in [1.82, 2.24) is 4.90 Å².